The molecule has 2 aromatic rings. The molecule has 2 amide bonds. The molecule has 0 unspecified atom stereocenters. The summed E-state index contributed by atoms with van der Waals surface area (Å²) in [5, 5.41) is 2.89. The lowest BCUT2D eigenvalue weighted by Crippen LogP contribution is -2.28. The number of benzene rings is 1. The number of nitrogens with one attached hydrogen (secondary N) is 1. The van der Waals surface area contributed by atoms with Crippen LogP contribution in [0, 0.1) is 13.8 Å². The zero-order valence-corrected chi connectivity index (χ0v) is 15.3. The van der Waals surface area contributed by atoms with Crippen molar-refractivity contribution in [2.75, 3.05) is 18.9 Å². The lowest BCUT2D eigenvalue weighted by atomic mass is 10.1. The smallest absolute Gasteiger partial charge is 0.272 e. The Morgan fingerprint density at radius 1 is 1.16 bits per heavy atom. The maximum absolute atomic E-state index is 12.5. The quantitative estimate of drug-likeness (QED) is 0.870. The van der Waals surface area contributed by atoms with Crippen LogP contribution >= 0.6 is 0 Å². The number of hydrogen-bond donors (Lipinski definition) is 1. The van der Waals surface area contributed by atoms with Gasteiger partial charge in [0.15, 0.2) is 0 Å². The van der Waals surface area contributed by atoms with Crippen LogP contribution in [0.2, 0.25) is 0 Å². The predicted octanol–water partition coefficient (Wildman–Crippen LogP) is 3.82. The molecule has 5 heteroatoms. The molecule has 0 atom stereocenters. The van der Waals surface area contributed by atoms with Gasteiger partial charge in [-0.15, -0.1) is 0 Å². The largest absolute Gasteiger partial charge is 0.340 e. The Bertz CT molecular complexity index is 771. The molecule has 25 heavy (non-hydrogen) atoms. The van der Waals surface area contributed by atoms with Crippen LogP contribution in [-0.4, -0.2) is 35.3 Å². The average Bonchev–Trinajstić information content (AvgIpc) is 2.61. The minimum absolute atomic E-state index is 0.172. The van der Waals surface area contributed by atoms with Gasteiger partial charge in [0, 0.05) is 31.0 Å². The lowest BCUT2D eigenvalue weighted by Gasteiger charge is -2.16. The second-order valence-electron chi connectivity index (χ2n) is 6.28. The summed E-state index contributed by atoms with van der Waals surface area (Å²) in [5.74, 6) is -0.422. The summed E-state index contributed by atoms with van der Waals surface area (Å²) in [5.41, 5.74) is 3.61. The highest BCUT2D eigenvalue weighted by Gasteiger charge is 2.15. The number of anilines is 1. The van der Waals surface area contributed by atoms with Gasteiger partial charge in [-0.25, -0.2) is 0 Å². The molecule has 1 aromatic carbocycles. The van der Waals surface area contributed by atoms with E-state index < -0.39 is 0 Å². The molecular weight excluding hydrogens is 314 g/mol. The normalized spacial score (nSPS) is 10.4. The number of pyridine rings is 1. The molecule has 1 aromatic heterocycles. The Morgan fingerprint density at radius 3 is 2.60 bits per heavy atom. The molecule has 0 aliphatic heterocycles. The Kier molecular flexibility index (Phi) is 6.28. The molecule has 0 aliphatic carbocycles. The highest BCUT2D eigenvalue weighted by molar-refractivity contribution is 6.06. The number of carbonyl (C=O) groups is 2. The first-order valence-corrected chi connectivity index (χ1v) is 8.52. The van der Waals surface area contributed by atoms with Crippen LogP contribution < -0.4 is 5.32 Å². The third-order valence-corrected chi connectivity index (χ3v) is 4.07. The third kappa shape index (κ3) is 4.89. The summed E-state index contributed by atoms with van der Waals surface area (Å²) in [6, 6.07) is 9.01. The first-order chi connectivity index (χ1) is 11.9. The molecule has 0 bridgehead atoms. The van der Waals surface area contributed by atoms with E-state index in [4.69, 9.17) is 0 Å². The summed E-state index contributed by atoms with van der Waals surface area (Å²) in [6.45, 7) is 6.71. The van der Waals surface area contributed by atoms with E-state index in [2.05, 4.69) is 17.2 Å². The van der Waals surface area contributed by atoms with Crippen molar-refractivity contribution in [3.63, 3.8) is 0 Å². The molecule has 0 fully saturated rings. The van der Waals surface area contributed by atoms with Gasteiger partial charge in [-0.3, -0.25) is 14.6 Å². The van der Waals surface area contributed by atoms with Gasteiger partial charge in [-0.05, 0) is 44.0 Å². The SMILES string of the molecule is CCCCN(C)C(=O)c1cc(C(=O)Nc2ccc(C)cc2C)ccn1. The molecule has 1 N–H and O–H groups in total. The van der Waals surface area contributed by atoms with Crippen LogP contribution in [0.5, 0.6) is 0 Å². The Labute approximate surface area is 149 Å². The van der Waals surface area contributed by atoms with Crippen molar-refractivity contribution in [3.05, 3.63) is 58.9 Å². The summed E-state index contributed by atoms with van der Waals surface area (Å²) < 4.78 is 0. The van der Waals surface area contributed by atoms with E-state index in [0.29, 0.717) is 12.1 Å². The number of rotatable bonds is 6. The van der Waals surface area contributed by atoms with Crippen LogP contribution in [0.15, 0.2) is 36.5 Å². The van der Waals surface area contributed by atoms with Crippen molar-refractivity contribution in [2.24, 2.45) is 0 Å². The lowest BCUT2D eigenvalue weighted by molar-refractivity contribution is 0.0787. The van der Waals surface area contributed by atoms with Gasteiger partial charge < -0.3 is 10.2 Å². The monoisotopic (exact) mass is 339 g/mol. The number of aryl methyl sites for hydroxylation is 2. The Hall–Kier alpha value is -2.69. The topological polar surface area (TPSA) is 62.3 Å². The van der Waals surface area contributed by atoms with Crippen LogP contribution in [0.4, 0.5) is 5.69 Å². The Morgan fingerprint density at radius 2 is 1.92 bits per heavy atom. The molecule has 0 saturated carbocycles. The number of amides is 2. The van der Waals surface area contributed by atoms with Gasteiger partial charge in [0.2, 0.25) is 0 Å². The summed E-state index contributed by atoms with van der Waals surface area (Å²) in [4.78, 5) is 30.7. The van der Waals surface area contributed by atoms with Gasteiger partial charge in [0.05, 0.1) is 0 Å². The number of aromatic nitrogens is 1. The molecule has 132 valence electrons. The number of unbranched alkanes of at least 4 members (excludes halogenated alkanes) is 1. The highest BCUT2D eigenvalue weighted by Crippen LogP contribution is 2.17. The van der Waals surface area contributed by atoms with Gasteiger partial charge in [-0.2, -0.15) is 0 Å². The van der Waals surface area contributed by atoms with Crippen molar-refractivity contribution in [1.29, 1.82) is 0 Å². The second-order valence-corrected chi connectivity index (χ2v) is 6.28. The van der Waals surface area contributed by atoms with Gasteiger partial charge in [0.1, 0.15) is 5.69 Å². The fourth-order valence-electron chi connectivity index (χ4n) is 2.53. The van der Waals surface area contributed by atoms with E-state index in [1.807, 2.05) is 32.0 Å². The first-order valence-electron chi connectivity index (χ1n) is 8.52. The van der Waals surface area contributed by atoms with E-state index in [9.17, 15) is 9.59 Å². The molecule has 1 heterocycles. The summed E-state index contributed by atoms with van der Waals surface area (Å²) in [6.07, 6.45) is 3.45. The van der Waals surface area contributed by atoms with E-state index in [-0.39, 0.29) is 17.5 Å². The van der Waals surface area contributed by atoms with Crippen LogP contribution in [0.1, 0.15) is 51.7 Å². The van der Waals surface area contributed by atoms with Gasteiger partial charge >= 0.3 is 0 Å². The molecule has 2 rings (SSSR count). The fourth-order valence-corrected chi connectivity index (χ4v) is 2.53. The highest BCUT2D eigenvalue weighted by atomic mass is 16.2. The number of nitrogens with zero attached hydrogens (tertiary/aromatic N) is 2. The molecule has 0 aliphatic rings. The van der Waals surface area contributed by atoms with Gasteiger partial charge in [-0.1, -0.05) is 31.0 Å². The van der Waals surface area contributed by atoms with Crippen LogP contribution in [-0.2, 0) is 0 Å². The maximum Gasteiger partial charge on any atom is 0.272 e. The van der Waals surface area contributed by atoms with Crippen molar-refractivity contribution in [3.8, 4) is 0 Å². The number of carbonyl (C=O) groups excluding carboxylic acids is 2. The average molecular weight is 339 g/mol. The van der Waals surface area contributed by atoms with E-state index >= 15 is 0 Å². The van der Waals surface area contributed by atoms with E-state index in [1.54, 1.807) is 24.1 Å². The molecule has 0 radical (unpaired) electrons. The van der Waals surface area contributed by atoms with Crippen molar-refractivity contribution in [2.45, 2.75) is 33.6 Å². The predicted molar refractivity (Wildman–Crippen MR) is 100.0 cm³/mol. The first kappa shape index (κ1) is 18.6. The van der Waals surface area contributed by atoms with Crippen LogP contribution in [0.3, 0.4) is 0 Å². The number of hydrogen-bond acceptors (Lipinski definition) is 3. The van der Waals surface area contributed by atoms with Crippen molar-refractivity contribution in [1.82, 2.24) is 9.88 Å². The standard InChI is InChI=1S/C20H25N3O2/c1-5-6-11-23(4)20(25)18-13-16(9-10-21-18)19(24)22-17-8-7-14(2)12-15(17)3/h7-10,12-13H,5-6,11H2,1-4H3,(H,22,24). The maximum atomic E-state index is 12.5. The fraction of sp³-hybridized carbons (Fsp3) is 0.350. The van der Waals surface area contributed by atoms with E-state index in [1.165, 1.54) is 6.20 Å². The van der Waals surface area contributed by atoms with Crippen molar-refractivity contribution >= 4 is 17.5 Å². The minimum atomic E-state index is -0.250. The van der Waals surface area contributed by atoms with Crippen LogP contribution in [0.25, 0.3) is 0 Å². The zero-order valence-electron chi connectivity index (χ0n) is 15.3. The molecule has 5 nitrogen and oxygen atoms in total. The van der Waals surface area contributed by atoms with Gasteiger partial charge in [0.25, 0.3) is 11.8 Å². The second kappa shape index (κ2) is 8.42. The Balaban J connectivity index is 2.14. The molecule has 0 saturated heterocycles. The van der Waals surface area contributed by atoms with E-state index in [0.717, 1.165) is 29.7 Å². The zero-order chi connectivity index (χ0) is 18.4. The van der Waals surface area contributed by atoms with Crippen molar-refractivity contribution < 1.29 is 9.59 Å². The molecular formula is C20H25N3O2. The third-order valence-electron chi connectivity index (χ3n) is 4.07. The summed E-state index contributed by atoms with van der Waals surface area (Å²) in [7, 11) is 1.75. The summed E-state index contributed by atoms with van der Waals surface area (Å²) >= 11 is 0. The molecule has 0 spiro atoms. The minimum Gasteiger partial charge on any atom is -0.340 e.